The van der Waals surface area contributed by atoms with Gasteiger partial charge in [0.05, 0.1) is 48.0 Å². The maximum atomic E-state index is 4.71. The molecule has 99 heavy (non-hydrogen) atoms. The van der Waals surface area contributed by atoms with Gasteiger partial charge in [-0.15, -0.1) is 15.3 Å². The molecule has 0 N–H and O–H groups in total. The van der Waals surface area contributed by atoms with Crippen molar-refractivity contribution < 1.29 is 9.05 Å². The zero-order valence-electron chi connectivity index (χ0n) is 65.7. The van der Waals surface area contributed by atoms with Crippen LogP contribution in [0, 0.1) is 132 Å². The van der Waals surface area contributed by atoms with Gasteiger partial charge < -0.3 is 18.2 Å². The van der Waals surface area contributed by atoms with Crippen molar-refractivity contribution in [2.75, 3.05) is 0 Å². The van der Waals surface area contributed by atoms with Crippen LogP contribution in [0.4, 0.5) is 0 Å². The molecule has 33 nitrogen and oxygen atoms in total. The quantitative estimate of drug-likeness (QED) is 0.136. The molecule has 0 fully saturated rings. The molecule has 546 valence electrons. The van der Waals surface area contributed by atoms with Gasteiger partial charge in [-0.3, -0.25) is 32.8 Å². The average molecular weight is 1370 g/mol. The molecule has 13 heterocycles. The van der Waals surface area contributed by atoms with Crippen LogP contribution in [-0.2, 0) is 77.5 Å². The molecule has 0 unspecified atom stereocenters. The Kier molecular flexibility index (Phi) is 45.3. The Morgan fingerprint density at radius 3 is 1.05 bits per heavy atom. The predicted molar refractivity (Wildman–Crippen MR) is 386 cm³/mol. The third kappa shape index (κ3) is 42.4. The first kappa shape index (κ1) is 90.3. The van der Waals surface area contributed by atoms with Crippen molar-refractivity contribution in [1.29, 1.82) is 0 Å². The standard InChI is InChI=1S/C7H12N2.2C6H10N2.2C5H9N3.2C5H8N2.C5H7NO.C5H7N.C4H6N2O.2C3H6N4.C3H5N3.2C2H6/c1-5-6(2)8-9(4)7(5)3;2*1-5-4-6(2)8(3)7-5;2*1-4-6-5(2)8(3)7-4;1-5-3-7(2)4-6-5;1-5-3-6-7(2)4-5;1-4-3-5(2)7-6-4;1-6-4-2-3-5-6;1-3-5-4(2)7-6-3;1-3-4-5-6-7(3)2;1-3-4-6-7(2)5-3;1-6-3-4-2-5-6;2*1-2/h1-4H3;2*4H,1-3H3;2*1-3H3;2*3-4H,1-2H3;3H,1-2H3;2-5H,1H3;3*1-2H3;2-3H,1H3;2*1-2H3. The SMILES string of the molecule is CC.CC.Cc1cc(C)n(C)n1.Cc1cc(C)n(C)n1.Cc1cc(C)on1.Cc1cn(C)cn1.Cc1cnn(C)c1.Cc1nc(C)n(C)n1.Cc1nc(C)n(C)n1.Cc1nn(C)c(C)c1C.Cc1nnn(C)n1.Cc1nnnn1C.Cc1noc(C)n1.Cn1cccc1.Cn1cncn1. The molecule has 0 saturated heterocycles. The van der Waals surface area contributed by atoms with Crippen molar-refractivity contribution in [2.45, 2.75) is 159 Å². The highest BCUT2D eigenvalue weighted by molar-refractivity contribution is 5.21. The van der Waals surface area contributed by atoms with E-state index >= 15 is 0 Å². The maximum absolute atomic E-state index is 4.71. The monoisotopic (exact) mass is 1370 g/mol. The minimum absolute atomic E-state index is 0.623. The van der Waals surface area contributed by atoms with E-state index in [2.05, 4.69) is 132 Å². The van der Waals surface area contributed by atoms with Crippen LogP contribution in [0.25, 0.3) is 0 Å². The average Bonchev–Trinajstić information content (AvgIpc) is 1.72. The van der Waals surface area contributed by atoms with E-state index in [-0.39, 0.29) is 0 Å². The van der Waals surface area contributed by atoms with Gasteiger partial charge >= 0.3 is 0 Å². The van der Waals surface area contributed by atoms with E-state index in [1.807, 2.05) is 260 Å². The normalized spacial score (nSPS) is 9.31. The summed E-state index contributed by atoms with van der Waals surface area (Å²) in [6.07, 6.45) is 14.7. The largest absolute Gasteiger partial charge is 0.361 e. The number of aromatic nitrogens is 31. The van der Waals surface area contributed by atoms with E-state index in [9.17, 15) is 0 Å². The van der Waals surface area contributed by atoms with Crippen LogP contribution >= 0.6 is 0 Å². The van der Waals surface area contributed by atoms with Crippen LogP contribution in [-0.4, -0.2) is 153 Å². The van der Waals surface area contributed by atoms with Crippen molar-refractivity contribution in [2.24, 2.45) is 77.5 Å². The van der Waals surface area contributed by atoms with Gasteiger partial charge in [-0.1, -0.05) is 38.0 Å². The Hall–Kier alpha value is -10.8. The third-order valence-corrected chi connectivity index (χ3v) is 12.3. The number of hydrogen-bond donors (Lipinski definition) is 0. The second kappa shape index (κ2) is 49.7. The van der Waals surface area contributed by atoms with Crippen LogP contribution in [0.2, 0.25) is 0 Å². The van der Waals surface area contributed by atoms with Crippen LogP contribution in [0.1, 0.15) is 137 Å². The molecule has 0 radical (unpaired) electrons. The summed E-state index contributed by atoms with van der Waals surface area (Å²) in [5.74, 6) is 7.33. The topological polar surface area (TPSA) is 338 Å². The Morgan fingerprint density at radius 1 is 0.404 bits per heavy atom. The van der Waals surface area contributed by atoms with Gasteiger partial charge in [-0.25, -0.2) is 24.6 Å². The highest BCUT2D eigenvalue weighted by Crippen LogP contribution is 2.08. The fourth-order valence-electron chi connectivity index (χ4n) is 6.92. The maximum Gasteiger partial charge on any atom is 0.223 e. The second-order valence-electron chi connectivity index (χ2n) is 21.6. The Bertz CT molecular complexity index is 3440. The van der Waals surface area contributed by atoms with Crippen LogP contribution in [0.5, 0.6) is 0 Å². The third-order valence-electron chi connectivity index (χ3n) is 12.3. The molecule has 0 atom stereocenters. The van der Waals surface area contributed by atoms with Crippen molar-refractivity contribution >= 4 is 0 Å². The smallest absolute Gasteiger partial charge is 0.223 e. The fraction of sp³-hybridized carbons (Fsp3) is 0.515. The van der Waals surface area contributed by atoms with E-state index in [0.717, 1.165) is 63.4 Å². The summed E-state index contributed by atoms with van der Waals surface area (Å²) in [6.45, 7) is 44.9. The first-order chi connectivity index (χ1) is 46.5. The molecule has 0 saturated carbocycles. The summed E-state index contributed by atoms with van der Waals surface area (Å²) in [4.78, 5) is 21.0. The van der Waals surface area contributed by atoms with Crippen LogP contribution < -0.4 is 0 Å². The Morgan fingerprint density at radius 2 is 0.939 bits per heavy atom. The molecule has 33 heteroatoms. The zero-order valence-corrected chi connectivity index (χ0v) is 65.7. The van der Waals surface area contributed by atoms with Crippen LogP contribution in [0.3, 0.4) is 0 Å². The highest BCUT2D eigenvalue weighted by atomic mass is 16.5. The molecule has 0 bridgehead atoms. The van der Waals surface area contributed by atoms with Gasteiger partial charge in [0.25, 0.3) is 0 Å². The number of tetrazole rings is 2. The summed E-state index contributed by atoms with van der Waals surface area (Å²) >= 11 is 0. The summed E-state index contributed by atoms with van der Waals surface area (Å²) in [5.41, 5.74) is 11.5. The van der Waals surface area contributed by atoms with E-state index in [4.69, 9.17) is 4.52 Å². The van der Waals surface area contributed by atoms with Crippen LogP contribution in [0.15, 0.2) is 89.3 Å². The first-order valence-electron chi connectivity index (χ1n) is 31.9. The second-order valence-corrected chi connectivity index (χ2v) is 21.6. The van der Waals surface area contributed by atoms with E-state index in [1.165, 1.54) is 39.3 Å². The van der Waals surface area contributed by atoms with Gasteiger partial charge in [0.2, 0.25) is 5.89 Å². The number of imidazole rings is 1. The van der Waals surface area contributed by atoms with Gasteiger partial charge in [0.15, 0.2) is 11.6 Å². The molecule has 0 aliphatic heterocycles. The zero-order chi connectivity index (χ0) is 76.1. The van der Waals surface area contributed by atoms with Gasteiger partial charge in [-0.05, 0) is 176 Å². The summed E-state index contributed by atoms with van der Waals surface area (Å²) in [7, 11) is 20.9. The minimum Gasteiger partial charge on any atom is -0.361 e. The van der Waals surface area contributed by atoms with E-state index in [0.29, 0.717) is 17.5 Å². The molecule has 0 aliphatic carbocycles. The molecule has 0 aromatic carbocycles. The number of aryl methyl sites for hydroxylation is 28. The van der Waals surface area contributed by atoms with E-state index < -0.39 is 0 Å². The van der Waals surface area contributed by atoms with Crippen molar-refractivity contribution in [3.63, 3.8) is 0 Å². The summed E-state index contributed by atoms with van der Waals surface area (Å²) < 4.78 is 27.4. The molecule has 13 rings (SSSR count). The molecule has 13 aromatic rings. The lowest BCUT2D eigenvalue weighted by molar-refractivity contribution is 0.389. The van der Waals surface area contributed by atoms with Crippen molar-refractivity contribution in [1.82, 2.24) is 153 Å². The Balaban J connectivity index is 0. The molecule has 0 spiro atoms. The van der Waals surface area contributed by atoms with Gasteiger partial charge in [0.1, 0.15) is 47.5 Å². The lowest BCUT2D eigenvalue weighted by Gasteiger charge is -1.90. The minimum atomic E-state index is 0.623. The lowest BCUT2D eigenvalue weighted by Crippen LogP contribution is -1.92. The molecule has 0 amide bonds. The predicted octanol–water partition coefficient (Wildman–Crippen LogP) is 9.65. The van der Waals surface area contributed by atoms with Gasteiger partial charge in [0, 0.05) is 125 Å². The first-order valence-corrected chi connectivity index (χ1v) is 31.9. The molecular weight excluding hydrogens is 1260 g/mol. The number of rotatable bonds is 0. The van der Waals surface area contributed by atoms with Gasteiger partial charge in [-0.2, -0.15) is 45.5 Å². The lowest BCUT2D eigenvalue weighted by atomic mass is 10.2. The Labute approximate surface area is 586 Å². The van der Waals surface area contributed by atoms with Crippen molar-refractivity contribution in [3.8, 4) is 0 Å². The summed E-state index contributed by atoms with van der Waals surface area (Å²) in [6, 6.07) is 10.0. The fourth-order valence-corrected chi connectivity index (χ4v) is 6.92. The van der Waals surface area contributed by atoms with Crippen molar-refractivity contribution in [3.05, 3.63) is 189 Å². The summed E-state index contributed by atoms with van der Waals surface area (Å²) in [5, 5.41) is 56.9. The molecule has 0 aliphatic rings. The van der Waals surface area contributed by atoms with E-state index in [1.54, 1.807) is 70.9 Å². The number of hydrogen-bond acceptors (Lipinski definition) is 22. The molecule has 13 aromatic heterocycles. The number of nitrogens with zero attached hydrogens (tertiary/aromatic N) is 31. The molecular formula is C66H115N31O2. The highest BCUT2D eigenvalue weighted by Gasteiger charge is 2.02.